The first-order valence-electron chi connectivity index (χ1n) is 9.69. The summed E-state index contributed by atoms with van der Waals surface area (Å²) in [7, 11) is 0. The van der Waals surface area contributed by atoms with E-state index in [9.17, 15) is 14.7 Å². The minimum atomic E-state index is -0.557. The number of nitrogens with zero attached hydrogens (tertiary/aromatic N) is 1. The number of anilines is 1. The molecule has 8 heteroatoms. The summed E-state index contributed by atoms with van der Waals surface area (Å²) < 4.78 is 5.85. The zero-order chi connectivity index (χ0) is 20.5. The number of hydrogen-bond donors (Lipinski definition) is 4. The van der Waals surface area contributed by atoms with Crippen LogP contribution >= 0.6 is 0 Å². The summed E-state index contributed by atoms with van der Waals surface area (Å²) in [5.41, 5.74) is 1.47. The Hall–Kier alpha value is -2.97. The van der Waals surface area contributed by atoms with Crippen molar-refractivity contribution in [2.45, 2.75) is 44.1 Å². The molecule has 29 heavy (non-hydrogen) atoms. The quantitative estimate of drug-likeness (QED) is 0.568. The zero-order valence-electron chi connectivity index (χ0n) is 16.1. The van der Waals surface area contributed by atoms with Crippen LogP contribution in [0.25, 0.3) is 0 Å². The first kappa shape index (κ1) is 20.8. The number of rotatable bonds is 7. The number of pyridine rings is 1. The fourth-order valence-electron chi connectivity index (χ4n) is 3.27. The van der Waals surface area contributed by atoms with Crippen LogP contribution < -0.4 is 16.0 Å². The van der Waals surface area contributed by atoms with Crippen molar-refractivity contribution < 1.29 is 19.4 Å². The first-order valence-corrected chi connectivity index (χ1v) is 9.69. The average Bonchev–Trinajstić information content (AvgIpc) is 2.74. The Balaban J connectivity index is 1.43. The normalized spacial score (nSPS) is 21.2. The monoisotopic (exact) mass is 398 g/mol. The van der Waals surface area contributed by atoms with Crippen molar-refractivity contribution in [1.82, 2.24) is 15.6 Å². The molecule has 3 rings (SSSR count). The number of nitrogens with one attached hydrogen (secondary N) is 3. The van der Waals surface area contributed by atoms with E-state index in [0.717, 1.165) is 5.69 Å². The molecule has 1 saturated heterocycles. The van der Waals surface area contributed by atoms with Gasteiger partial charge in [-0.3, -0.25) is 9.78 Å². The molecule has 1 aliphatic rings. The third kappa shape index (κ3) is 6.55. The summed E-state index contributed by atoms with van der Waals surface area (Å²) in [4.78, 5) is 28.5. The lowest BCUT2D eigenvalue weighted by atomic mass is 9.97. The Labute approximate surface area is 169 Å². The van der Waals surface area contributed by atoms with Gasteiger partial charge in [0.05, 0.1) is 37.4 Å². The van der Waals surface area contributed by atoms with Crippen molar-refractivity contribution in [3.05, 3.63) is 60.4 Å². The van der Waals surface area contributed by atoms with Crippen LogP contribution in [0.15, 0.2) is 54.7 Å². The molecule has 2 heterocycles. The number of carbonyl (C=O) groups excluding carboxylic acids is 2. The highest BCUT2D eigenvalue weighted by Crippen LogP contribution is 2.22. The van der Waals surface area contributed by atoms with E-state index >= 15 is 0 Å². The first-order chi connectivity index (χ1) is 14.1. The largest absolute Gasteiger partial charge is 0.394 e. The number of amides is 3. The summed E-state index contributed by atoms with van der Waals surface area (Å²) in [5.74, 6) is -0.134. The third-order valence-electron chi connectivity index (χ3n) is 4.75. The Bertz CT molecular complexity index is 788. The van der Waals surface area contributed by atoms with Crippen molar-refractivity contribution >= 4 is 17.6 Å². The van der Waals surface area contributed by atoms with Gasteiger partial charge in [-0.1, -0.05) is 24.3 Å². The predicted molar refractivity (Wildman–Crippen MR) is 108 cm³/mol. The second kappa shape index (κ2) is 10.5. The van der Waals surface area contributed by atoms with E-state index in [1.54, 1.807) is 18.3 Å². The highest BCUT2D eigenvalue weighted by molar-refractivity contribution is 5.89. The highest BCUT2D eigenvalue weighted by Gasteiger charge is 2.32. The van der Waals surface area contributed by atoms with E-state index in [-0.39, 0.29) is 37.1 Å². The van der Waals surface area contributed by atoms with Crippen LogP contribution in [0.5, 0.6) is 0 Å². The van der Waals surface area contributed by atoms with E-state index in [0.29, 0.717) is 25.1 Å². The third-order valence-corrected chi connectivity index (χ3v) is 4.75. The van der Waals surface area contributed by atoms with E-state index in [2.05, 4.69) is 20.9 Å². The van der Waals surface area contributed by atoms with E-state index in [1.165, 1.54) is 0 Å². The van der Waals surface area contributed by atoms with Crippen LogP contribution in [0.2, 0.25) is 0 Å². The number of para-hydroxylation sites is 1. The maximum absolute atomic E-state index is 12.2. The molecule has 3 amide bonds. The van der Waals surface area contributed by atoms with Crippen LogP contribution in [0.3, 0.4) is 0 Å². The molecular formula is C21H26N4O4. The van der Waals surface area contributed by atoms with Gasteiger partial charge in [-0.25, -0.2) is 4.79 Å². The molecule has 4 N–H and O–H groups in total. The van der Waals surface area contributed by atoms with Crippen LogP contribution in [0.1, 0.15) is 25.0 Å². The van der Waals surface area contributed by atoms with Crippen molar-refractivity contribution in [1.29, 1.82) is 0 Å². The molecule has 0 saturated carbocycles. The lowest BCUT2D eigenvalue weighted by Crippen LogP contribution is -2.52. The molecule has 154 valence electrons. The van der Waals surface area contributed by atoms with Crippen molar-refractivity contribution in [3.8, 4) is 0 Å². The van der Waals surface area contributed by atoms with Crippen LogP contribution in [0, 0.1) is 0 Å². The molecule has 0 bridgehead atoms. The van der Waals surface area contributed by atoms with E-state index in [4.69, 9.17) is 4.74 Å². The van der Waals surface area contributed by atoms with Crippen molar-refractivity contribution in [2.75, 3.05) is 11.9 Å². The minimum absolute atomic E-state index is 0.134. The van der Waals surface area contributed by atoms with Gasteiger partial charge in [0.25, 0.3) is 0 Å². The second-order valence-corrected chi connectivity index (χ2v) is 6.93. The highest BCUT2D eigenvalue weighted by atomic mass is 16.5. The Kier molecular flexibility index (Phi) is 7.54. The smallest absolute Gasteiger partial charge is 0.319 e. The molecule has 3 atom stereocenters. The Morgan fingerprint density at radius 1 is 1.10 bits per heavy atom. The molecule has 0 aliphatic carbocycles. The van der Waals surface area contributed by atoms with E-state index < -0.39 is 6.10 Å². The fraction of sp³-hybridized carbons (Fsp3) is 0.381. The van der Waals surface area contributed by atoms with Crippen LogP contribution in [0.4, 0.5) is 10.5 Å². The number of hydrogen-bond acceptors (Lipinski definition) is 5. The maximum Gasteiger partial charge on any atom is 0.319 e. The number of aliphatic hydroxyl groups excluding tert-OH is 1. The fourth-order valence-corrected chi connectivity index (χ4v) is 3.27. The molecule has 2 aromatic rings. The van der Waals surface area contributed by atoms with Gasteiger partial charge in [-0.15, -0.1) is 0 Å². The van der Waals surface area contributed by atoms with Gasteiger partial charge < -0.3 is 25.8 Å². The molecule has 0 spiro atoms. The molecule has 1 fully saturated rings. The zero-order valence-corrected chi connectivity index (χ0v) is 16.1. The molecule has 1 aliphatic heterocycles. The maximum atomic E-state index is 12.2. The summed E-state index contributed by atoms with van der Waals surface area (Å²) in [6, 6.07) is 14.0. The van der Waals surface area contributed by atoms with Gasteiger partial charge in [0.15, 0.2) is 0 Å². The number of ether oxygens (including phenoxy) is 1. The molecule has 1 aromatic carbocycles. The number of aliphatic hydroxyl groups is 1. The Morgan fingerprint density at radius 3 is 2.62 bits per heavy atom. The van der Waals surface area contributed by atoms with E-state index in [1.807, 2.05) is 36.4 Å². The number of benzene rings is 1. The van der Waals surface area contributed by atoms with Crippen LogP contribution in [-0.4, -0.2) is 46.9 Å². The molecule has 0 unspecified atom stereocenters. The molecule has 8 nitrogen and oxygen atoms in total. The average molecular weight is 398 g/mol. The van der Waals surface area contributed by atoms with Gasteiger partial charge >= 0.3 is 6.03 Å². The standard InChI is InChI=1S/C21H26N4O4/c26-14-19-18(25-21(28)24-15-6-2-1-3-7-15)10-9-17(29-19)12-20(27)23-13-16-8-4-5-11-22-16/h1-8,11,17-19,26H,9-10,12-14H2,(H,23,27)(H2,24,25,28)/t17-,18+,19+/m1/s1. The van der Waals surface area contributed by atoms with Crippen molar-refractivity contribution in [3.63, 3.8) is 0 Å². The summed E-state index contributed by atoms with van der Waals surface area (Å²) >= 11 is 0. The summed E-state index contributed by atoms with van der Waals surface area (Å²) in [6.07, 6.45) is 2.25. The molecular weight excluding hydrogens is 372 g/mol. The van der Waals surface area contributed by atoms with Gasteiger partial charge in [0.1, 0.15) is 6.10 Å². The lowest BCUT2D eigenvalue weighted by molar-refractivity contribution is -0.130. The van der Waals surface area contributed by atoms with Crippen LogP contribution in [-0.2, 0) is 16.1 Å². The van der Waals surface area contributed by atoms with Crippen molar-refractivity contribution in [2.24, 2.45) is 0 Å². The summed E-state index contributed by atoms with van der Waals surface area (Å²) in [6.45, 7) is 0.127. The Morgan fingerprint density at radius 2 is 1.90 bits per heavy atom. The van der Waals surface area contributed by atoms with Gasteiger partial charge in [0, 0.05) is 11.9 Å². The SMILES string of the molecule is O=C(C[C@H]1CC[C@H](NC(=O)Nc2ccccc2)[C@H](CO)O1)NCc1ccccn1. The topological polar surface area (TPSA) is 113 Å². The predicted octanol–water partition coefficient (Wildman–Crippen LogP) is 1.82. The number of urea groups is 1. The van der Waals surface area contributed by atoms with Gasteiger partial charge in [-0.05, 0) is 37.1 Å². The van der Waals surface area contributed by atoms with Gasteiger partial charge in [-0.2, -0.15) is 0 Å². The van der Waals surface area contributed by atoms with Gasteiger partial charge in [0.2, 0.25) is 5.91 Å². The second-order valence-electron chi connectivity index (χ2n) is 6.93. The number of aromatic nitrogens is 1. The molecule has 0 radical (unpaired) electrons. The molecule has 1 aromatic heterocycles. The number of carbonyl (C=O) groups is 2. The minimum Gasteiger partial charge on any atom is -0.394 e. The summed E-state index contributed by atoms with van der Waals surface area (Å²) in [5, 5.41) is 18.1. The lowest BCUT2D eigenvalue weighted by Gasteiger charge is -2.35.